The molecule has 2 nitrogen and oxygen atoms in total. The van der Waals surface area contributed by atoms with Crippen molar-refractivity contribution in [1.29, 1.82) is 0 Å². The van der Waals surface area contributed by atoms with Crippen molar-refractivity contribution in [2.24, 2.45) is 5.73 Å². The van der Waals surface area contributed by atoms with Gasteiger partial charge in [-0.1, -0.05) is 29.5 Å². The summed E-state index contributed by atoms with van der Waals surface area (Å²) >= 11 is 1.31. The third-order valence-electron chi connectivity index (χ3n) is 2.18. The van der Waals surface area contributed by atoms with Crippen LogP contribution in [0.3, 0.4) is 0 Å². The van der Waals surface area contributed by atoms with Crippen molar-refractivity contribution in [3.63, 3.8) is 0 Å². The van der Waals surface area contributed by atoms with Crippen LogP contribution in [0.4, 0.5) is 0 Å². The summed E-state index contributed by atoms with van der Waals surface area (Å²) in [5, 5.41) is 0.170. The van der Waals surface area contributed by atoms with Gasteiger partial charge in [-0.05, 0) is 18.6 Å². The Hall–Kier alpha value is -0.800. The van der Waals surface area contributed by atoms with Crippen LogP contribution in [0.2, 0.25) is 0 Å². The smallest absolute Gasteiger partial charge is 0.195 e. The minimum Gasteiger partial charge on any atom is -0.324 e. The summed E-state index contributed by atoms with van der Waals surface area (Å²) < 4.78 is 0. The van der Waals surface area contributed by atoms with Gasteiger partial charge in [0, 0.05) is 17.4 Å². The van der Waals surface area contributed by atoms with Gasteiger partial charge in [0.2, 0.25) is 0 Å². The number of hydrogen-bond acceptors (Lipinski definition) is 3. The van der Waals surface area contributed by atoms with Crippen molar-refractivity contribution in [3.8, 4) is 0 Å². The molecule has 3 heteroatoms. The fourth-order valence-corrected chi connectivity index (χ4v) is 2.48. The molecule has 1 heterocycles. The highest BCUT2D eigenvalue weighted by Gasteiger charge is 2.22. The summed E-state index contributed by atoms with van der Waals surface area (Å²) in [6, 6.07) is 5.95. The van der Waals surface area contributed by atoms with Gasteiger partial charge in [-0.25, -0.2) is 0 Å². The Morgan fingerprint density at radius 2 is 2.31 bits per heavy atom. The Balaban J connectivity index is 2.49. The lowest BCUT2D eigenvalue weighted by Gasteiger charge is -2.20. The maximum Gasteiger partial charge on any atom is 0.195 e. The second-order valence-corrected chi connectivity index (χ2v) is 4.43. The van der Waals surface area contributed by atoms with Crippen LogP contribution in [-0.2, 0) is 4.79 Å². The molecule has 68 valence electrons. The highest BCUT2D eigenvalue weighted by molar-refractivity contribution is 8.13. The van der Waals surface area contributed by atoms with Crippen molar-refractivity contribution in [1.82, 2.24) is 0 Å². The van der Waals surface area contributed by atoms with Gasteiger partial charge in [-0.15, -0.1) is 0 Å². The molecule has 1 unspecified atom stereocenters. The van der Waals surface area contributed by atoms with Gasteiger partial charge in [0.1, 0.15) is 0 Å². The van der Waals surface area contributed by atoms with Crippen LogP contribution in [0.1, 0.15) is 23.6 Å². The Morgan fingerprint density at radius 3 is 3.08 bits per heavy atom. The van der Waals surface area contributed by atoms with Crippen LogP contribution in [0, 0.1) is 6.92 Å². The molecule has 0 saturated heterocycles. The van der Waals surface area contributed by atoms with E-state index >= 15 is 0 Å². The zero-order valence-corrected chi connectivity index (χ0v) is 8.23. The molecule has 0 radical (unpaired) electrons. The molecule has 0 aromatic heterocycles. The zero-order chi connectivity index (χ0) is 9.42. The Kier molecular flexibility index (Phi) is 2.14. The van der Waals surface area contributed by atoms with E-state index in [9.17, 15) is 4.79 Å². The number of aryl methyl sites for hydroxylation is 1. The van der Waals surface area contributed by atoms with Gasteiger partial charge in [0.25, 0.3) is 0 Å². The Bertz CT molecular complexity index is 362. The average molecular weight is 193 g/mol. The number of nitrogens with two attached hydrogens (primary N) is 1. The molecule has 0 spiro atoms. The van der Waals surface area contributed by atoms with E-state index < -0.39 is 0 Å². The molecule has 0 bridgehead atoms. The molecule has 0 saturated carbocycles. The molecule has 1 aromatic carbocycles. The van der Waals surface area contributed by atoms with Crippen molar-refractivity contribution in [2.75, 3.05) is 0 Å². The summed E-state index contributed by atoms with van der Waals surface area (Å²) in [7, 11) is 0. The first kappa shape index (κ1) is 8.78. The topological polar surface area (TPSA) is 43.1 Å². The molecular weight excluding hydrogens is 182 g/mol. The predicted molar refractivity (Wildman–Crippen MR) is 53.6 cm³/mol. The molecule has 0 fully saturated rings. The summed E-state index contributed by atoms with van der Waals surface area (Å²) in [6.45, 7) is 2.04. The van der Waals surface area contributed by atoms with E-state index in [-0.39, 0.29) is 11.2 Å². The number of benzene rings is 1. The van der Waals surface area contributed by atoms with E-state index in [1.54, 1.807) is 0 Å². The predicted octanol–water partition coefficient (Wildman–Crippen LogP) is 2.02. The van der Waals surface area contributed by atoms with Gasteiger partial charge in [-0.2, -0.15) is 0 Å². The van der Waals surface area contributed by atoms with Crippen molar-refractivity contribution in [2.45, 2.75) is 24.3 Å². The molecule has 1 aliphatic rings. The maximum atomic E-state index is 11.2. The first-order valence-corrected chi connectivity index (χ1v) is 5.05. The van der Waals surface area contributed by atoms with Crippen LogP contribution in [0.25, 0.3) is 0 Å². The van der Waals surface area contributed by atoms with Gasteiger partial charge < -0.3 is 5.73 Å². The summed E-state index contributed by atoms with van der Waals surface area (Å²) in [5.41, 5.74) is 8.19. The third-order valence-corrected chi connectivity index (χ3v) is 3.16. The molecule has 0 aliphatic carbocycles. The molecule has 1 aromatic rings. The second kappa shape index (κ2) is 3.16. The highest BCUT2D eigenvalue weighted by atomic mass is 32.2. The number of hydrogen-bond donors (Lipinski definition) is 1. The molecular formula is C10H11NOS. The molecule has 1 aliphatic heterocycles. The quantitative estimate of drug-likeness (QED) is 0.685. The van der Waals surface area contributed by atoms with E-state index in [4.69, 9.17) is 5.73 Å². The second-order valence-electron chi connectivity index (χ2n) is 3.33. The van der Waals surface area contributed by atoms with Crippen molar-refractivity contribution in [3.05, 3.63) is 29.3 Å². The van der Waals surface area contributed by atoms with Crippen molar-refractivity contribution >= 4 is 16.9 Å². The SMILES string of the molecule is Cc1ccc2c(c1)C(N)CC(=O)S2. The summed E-state index contributed by atoms with van der Waals surface area (Å²) in [5.74, 6) is 0. The van der Waals surface area contributed by atoms with Gasteiger partial charge in [0.15, 0.2) is 5.12 Å². The van der Waals surface area contributed by atoms with Crippen molar-refractivity contribution < 1.29 is 4.79 Å². The number of thioether (sulfide) groups is 1. The monoisotopic (exact) mass is 193 g/mol. The maximum absolute atomic E-state index is 11.2. The standard InChI is InChI=1S/C10H11NOS/c1-6-2-3-9-7(4-6)8(11)5-10(12)13-9/h2-4,8H,5,11H2,1H3. The number of rotatable bonds is 0. The number of carbonyl (C=O) groups is 1. The van der Waals surface area contributed by atoms with Crippen LogP contribution < -0.4 is 5.73 Å². The van der Waals surface area contributed by atoms with Gasteiger partial charge in [0.05, 0.1) is 0 Å². The lowest BCUT2D eigenvalue weighted by molar-refractivity contribution is -0.111. The van der Waals surface area contributed by atoms with E-state index in [0.29, 0.717) is 6.42 Å². The Labute approximate surface area is 81.5 Å². The first-order valence-electron chi connectivity index (χ1n) is 4.23. The third kappa shape index (κ3) is 1.62. The van der Waals surface area contributed by atoms with Crippen LogP contribution in [0.5, 0.6) is 0 Å². The first-order chi connectivity index (χ1) is 6.16. The van der Waals surface area contributed by atoms with Gasteiger partial charge in [-0.3, -0.25) is 4.79 Å². The normalized spacial score (nSPS) is 21.4. The fourth-order valence-electron chi connectivity index (χ4n) is 1.50. The molecule has 1 atom stereocenters. The summed E-state index contributed by atoms with van der Waals surface area (Å²) in [6.07, 6.45) is 0.459. The largest absolute Gasteiger partial charge is 0.324 e. The minimum absolute atomic E-state index is 0.108. The van der Waals surface area contributed by atoms with Crippen LogP contribution >= 0.6 is 11.8 Å². The highest BCUT2D eigenvalue weighted by Crippen LogP contribution is 2.36. The lowest BCUT2D eigenvalue weighted by atomic mass is 10.0. The van der Waals surface area contributed by atoms with E-state index in [1.165, 1.54) is 17.3 Å². The zero-order valence-electron chi connectivity index (χ0n) is 7.41. The Morgan fingerprint density at radius 1 is 1.54 bits per heavy atom. The van der Waals surface area contributed by atoms with E-state index in [1.807, 2.05) is 19.1 Å². The van der Waals surface area contributed by atoms with Crippen LogP contribution in [0.15, 0.2) is 23.1 Å². The number of carbonyl (C=O) groups excluding carboxylic acids is 1. The van der Waals surface area contributed by atoms with Gasteiger partial charge >= 0.3 is 0 Å². The molecule has 0 amide bonds. The molecule has 2 N–H and O–H groups in total. The van der Waals surface area contributed by atoms with E-state index in [0.717, 1.165) is 10.5 Å². The average Bonchev–Trinajstić information content (AvgIpc) is 2.06. The molecule has 13 heavy (non-hydrogen) atoms. The van der Waals surface area contributed by atoms with Crippen LogP contribution in [-0.4, -0.2) is 5.12 Å². The summed E-state index contributed by atoms with van der Waals surface area (Å²) in [4.78, 5) is 12.2. The number of fused-ring (bicyclic) bond motifs is 1. The fraction of sp³-hybridized carbons (Fsp3) is 0.300. The van der Waals surface area contributed by atoms with E-state index in [2.05, 4.69) is 6.07 Å². The minimum atomic E-state index is -0.108. The molecule has 2 rings (SSSR count). The lowest BCUT2D eigenvalue weighted by Crippen LogP contribution is -2.18.